The van der Waals surface area contributed by atoms with Crippen LogP contribution in [-0.4, -0.2) is 60.9 Å². The Hall–Kier alpha value is -1.63. The quantitative estimate of drug-likeness (QED) is 0.457. The van der Waals surface area contributed by atoms with Crippen molar-refractivity contribution in [3.05, 3.63) is 15.6 Å². The van der Waals surface area contributed by atoms with Gasteiger partial charge in [0.1, 0.15) is 11.6 Å². The molecule has 0 saturated heterocycles. The van der Waals surface area contributed by atoms with E-state index in [9.17, 15) is 4.79 Å². The maximum absolute atomic E-state index is 11.9. The predicted octanol–water partition coefficient (Wildman–Crippen LogP) is 2.29. The average Bonchev–Trinajstić information content (AvgIpc) is 2.99. The summed E-state index contributed by atoms with van der Waals surface area (Å²) in [5.41, 5.74) is 1.29. The molecule has 0 aliphatic heterocycles. The van der Waals surface area contributed by atoms with Gasteiger partial charge in [0.25, 0.3) is 0 Å². The fraction of sp³-hybridized carbons (Fsp3) is 0.722. The number of carbonyl (C=O) groups is 1. The van der Waals surface area contributed by atoms with Gasteiger partial charge < -0.3 is 15.1 Å². The number of guanidine groups is 1. The molecular formula is C18H31N5OS. The minimum Gasteiger partial charge on any atom is -0.356 e. The van der Waals surface area contributed by atoms with Crippen molar-refractivity contribution in [3.8, 4) is 0 Å². The summed E-state index contributed by atoms with van der Waals surface area (Å²) in [6.45, 7) is 3.92. The first-order chi connectivity index (χ1) is 12.0. The summed E-state index contributed by atoms with van der Waals surface area (Å²) >= 11 is 1.83. The molecule has 7 heteroatoms. The highest BCUT2D eigenvalue weighted by atomic mass is 32.1. The van der Waals surface area contributed by atoms with Crippen molar-refractivity contribution >= 4 is 23.2 Å². The van der Waals surface area contributed by atoms with Gasteiger partial charge >= 0.3 is 0 Å². The Morgan fingerprint density at radius 1 is 1.28 bits per heavy atom. The van der Waals surface area contributed by atoms with E-state index in [1.165, 1.54) is 29.8 Å². The van der Waals surface area contributed by atoms with Gasteiger partial charge in [0.15, 0.2) is 5.96 Å². The van der Waals surface area contributed by atoms with Crippen LogP contribution in [0.5, 0.6) is 0 Å². The van der Waals surface area contributed by atoms with Crippen LogP contribution in [0.4, 0.5) is 0 Å². The topological polar surface area (TPSA) is 60.8 Å². The monoisotopic (exact) mass is 365 g/mol. The fourth-order valence-electron chi connectivity index (χ4n) is 2.72. The third-order valence-corrected chi connectivity index (χ3v) is 5.44. The van der Waals surface area contributed by atoms with Crippen molar-refractivity contribution in [2.24, 2.45) is 4.99 Å². The van der Waals surface area contributed by atoms with Crippen molar-refractivity contribution in [2.45, 2.75) is 52.0 Å². The molecule has 1 aliphatic rings. The Labute approximate surface area is 155 Å². The van der Waals surface area contributed by atoms with Crippen LogP contribution < -0.4 is 5.32 Å². The summed E-state index contributed by atoms with van der Waals surface area (Å²) in [6, 6.07) is 0. The minimum atomic E-state index is 0.00732. The van der Waals surface area contributed by atoms with Gasteiger partial charge in [0.2, 0.25) is 5.91 Å². The van der Waals surface area contributed by atoms with Gasteiger partial charge in [0, 0.05) is 32.6 Å². The smallest absolute Gasteiger partial charge is 0.243 e. The van der Waals surface area contributed by atoms with Gasteiger partial charge in [-0.1, -0.05) is 13.3 Å². The highest BCUT2D eigenvalue weighted by Gasteiger charge is 2.17. The van der Waals surface area contributed by atoms with Gasteiger partial charge in [-0.15, -0.1) is 11.3 Å². The highest BCUT2D eigenvalue weighted by molar-refractivity contribution is 7.11. The molecule has 6 nitrogen and oxygen atoms in total. The van der Waals surface area contributed by atoms with E-state index in [1.807, 2.05) is 18.4 Å². The Morgan fingerprint density at radius 3 is 2.72 bits per heavy atom. The van der Waals surface area contributed by atoms with Crippen molar-refractivity contribution in [1.82, 2.24) is 20.1 Å². The third-order valence-electron chi connectivity index (χ3n) is 4.30. The lowest BCUT2D eigenvalue weighted by molar-refractivity contribution is -0.127. The molecule has 1 aromatic rings. The van der Waals surface area contributed by atoms with Gasteiger partial charge in [-0.3, -0.25) is 4.79 Å². The Bertz CT molecular complexity index is 573. The van der Waals surface area contributed by atoms with E-state index in [0.717, 1.165) is 43.3 Å². The van der Waals surface area contributed by atoms with E-state index in [-0.39, 0.29) is 12.5 Å². The molecule has 0 radical (unpaired) electrons. The molecule has 1 heterocycles. The third kappa shape index (κ3) is 5.99. The number of nitrogens with one attached hydrogen (secondary N) is 1. The number of unbranched alkanes of at least 4 members (excludes halogenated alkanes) is 1. The van der Waals surface area contributed by atoms with Crippen LogP contribution in [0.2, 0.25) is 0 Å². The SMILES string of the molecule is CCCCNC(=NCC(=O)N(C)C)N(C)Cc1nc2c(s1)CCCC2. The predicted molar refractivity (Wildman–Crippen MR) is 104 cm³/mol. The Balaban J connectivity index is 2.02. The zero-order valence-corrected chi connectivity index (χ0v) is 16.8. The van der Waals surface area contributed by atoms with E-state index in [2.05, 4.69) is 22.1 Å². The molecule has 1 aromatic heterocycles. The number of aliphatic imine (C=N–C) groups is 1. The number of hydrogen-bond acceptors (Lipinski definition) is 4. The molecule has 0 saturated carbocycles. The fourth-order valence-corrected chi connectivity index (χ4v) is 3.93. The van der Waals surface area contributed by atoms with Crippen molar-refractivity contribution in [3.63, 3.8) is 0 Å². The van der Waals surface area contributed by atoms with Crippen LogP contribution >= 0.6 is 11.3 Å². The van der Waals surface area contributed by atoms with Gasteiger partial charge in [-0.2, -0.15) is 0 Å². The molecule has 0 unspecified atom stereocenters. The summed E-state index contributed by atoms with van der Waals surface area (Å²) in [6.07, 6.45) is 7.03. The zero-order valence-electron chi connectivity index (χ0n) is 16.0. The molecule has 0 bridgehead atoms. The van der Waals surface area contributed by atoms with Crippen LogP contribution in [0.25, 0.3) is 0 Å². The minimum absolute atomic E-state index is 0.00732. The van der Waals surface area contributed by atoms with Crippen molar-refractivity contribution in [2.75, 3.05) is 34.2 Å². The van der Waals surface area contributed by atoms with Gasteiger partial charge in [-0.25, -0.2) is 9.98 Å². The first-order valence-corrected chi connectivity index (χ1v) is 10.00. The molecule has 0 atom stereocenters. The van der Waals surface area contributed by atoms with Crippen LogP contribution in [-0.2, 0) is 24.2 Å². The van der Waals surface area contributed by atoms with E-state index < -0.39 is 0 Å². The summed E-state index contributed by atoms with van der Waals surface area (Å²) in [4.78, 5) is 26.3. The second-order valence-corrected chi connectivity index (χ2v) is 7.92. The molecule has 0 aromatic carbocycles. The number of likely N-dealkylation sites (N-methyl/N-ethyl adjacent to an activating group) is 1. The highest BCUT2D eigenvalue weighted by Crippen LogP contribution is 2.27. The van der Waals surface area contributed by atoms with Crippen LogP contribution in [0.1, 0.15) is 48.2 Å². The largest absolute Gasteiger partial charge is 0.356 e. The van der Waals surface area contributed by atoms with Gasteiger partial charge in [0.05, 0.1) is 12.2 Å². The number of fused-ring (bicyclic) bond motifs is 1. The molecular weight excluding hydrogens is 334 g/mol. The maximum atomic E-state index is 11.9. The summed E-state index contributed by atoms with van der Waals surface area (Å²) in [7, 11) is 5.52. The number of aromatic nitrogens is 1. The number of aryl methyl sites for hydroxylation is 2. The number of carbonyl (C=O) groups excluding carboxylic acids is 1. The summed E-state index contributed by atoms with van der Waals surface area (Å²) in [5, 5.41) is 4.52. The molecule has 1 aliphatic carbocycles. The first-order valence-electron chi connectivity index (χ1n) is 9.18. The normalized spacial score (nSPS) is 14.2. The van der Waals surface area contributed by atoms with Crippen LogP contribution in [0.3, 0.4) is 0 Å². The molecule has 2 rings (SSSR count). The van der Waals surface area contributed by atoms with Crippen LogP contribution in [0.15, 0.2) is 4.99 Å². The molecule has 140 valence electrons. The summed E-state index contributed by atoms with van der Waals surface area (Å²) in [5.74, 6) is 0.782. The average molecular weight is 366 g/mol. The van der Waals surface area contributed by atoms with Crippen molar-refractivity contribution in [1.29, 1.82) is 0 Å². The standard InChI is InChI=1S/C18H31N5OS/c1-5-6-11-19-18(20-12-17(24)22(2)3)23(4)13-16-21-14-9-7-8-10-15(14)25-16/h5-13H2,1-4H3,(H,19,20). The van der Waals surface area contributed by atoms with E-state index in [1.54, 1.807) is 19.0 Å². The summed E-state index contributed by atoms with van der Waals surface area (Å²) < 4.78 is 0. The van der Waals surface area contributed by atoms with Crippen molar-refractivity contribution < 1.29 is 4.79 Å². The molecule has 25 heavy (non-hydrogen) atoms. The number of thiazole rings is 1. The molecule has 1 amide bonds. The van der Waals surface area contributed by atoms with E-state index >= 15 is 0 Å². The lowest BCUT2D eigenvalue weighted by atomic mass is 10.0. The van der Waals surface area contributed by atoms with Gasteiger partial charge in [-0.05, 0) is 32.1 Å². The Kier molecular flexibility index (Phi) is 7.68. The lowest BCUT2D eigenvalue weighted by Gasteiger charge is -2.21. The van der Waals surface area contributed by atoms with Crippen LogP contribution in [0, 0.1) is 0 Å². The molecule has 0 spiro atoms. The maximum Gasteiger partial charge on any atom is 0.243 e. The number of hydrogen-bond donors (Lipinski definition) is 1. The Morgan fingerprint density at radius 2 is 2.04 bits per heavy atom. The molecule has 1 N–H and O–H groups in total. The van der Waals surface area contributed by atoms with E-state index in [0.29, 0.717) is 0 Å². The first kappa shape index (κ1) is 19.7. The second kappa shape index (κ2) is 9.75. The number of rotatable bonds is 7. The number of amides is 1. The zero-order chi connectivity index (χ0) is 18.2. The second-order valence-electron chi connectivity index (χ2n) is 6.75. The van der Waals surface area contributed by atoms with E-state index in [4.69, 9.17) is 4.98 Å². The molecule has 0 fully saturated rings. The lowest BCUT2D eigenvalue weighted by Crippen LogP contribution is -2.40. The number of nitrogens with zero attached hydrogens (tertiary/aromatic N) is 4.